The van der Waals surface area contributed by atoms with Crippen LogP contribution >= 0.6 is 22.9 Å². The quantitative estimate of drug-likeness (QED) is 0.293. The summed E-state index contributed by atoms with van der Waals surface area (Å²) in [5.41, 5.74) is 2.01. The van der Waals surface area contributed by atoms with Crippen LogP contribution in [0.4, 0.5) is 9.52 Å². The lowest BCUT2D eigenvalue weighted by Crippen LogP contribution is -2.39. The zero-order valence-corrected chi connectivity index (χ0v) is 22.6. The highest BCUT2D eigenvalue weighted by Crippen LogP contribution is 2.43. The Bertz CT molecular complexity index is 1320. The molecule has 1 amide bonds. The molecule has 0 radical (unpaired) electrons. The molecule has 2 aliphatic rings. The van der Waals surface area contributed by atoms with E-state index in [1.165, 1.54) is 7.11 Å². The number of carboxylic acid groups (broad SMARTS) is 1. The second-order valence-corrected chi connectivity index (χ2v) is 11.4. The van der Waals surface area contributed by atoms with E-state index in [1.807, 2.05) is 6.07 Å². The van der Waals surface area contributed by atoms with Crippen LogP contribution in [0.25, 0.3) is 22.4 Å². The Balaban J connectivity index is 1.49. The van der Waals surface area contributed by atoms with Gasteiger partial charge < -0.3 is 9.84 Å². The summed E-state index contributed by atoms with van der Waals surface area (Å²) < 4.78 is 20.7. The number of ether oxygens (including phenoxy) is 1. The molecule has 0 bridgehead atoms. The van der Waals surface area contributed by atoms with Gasteiger partial charge in [-0.25, -0.2) is 9.97 Å². The Hall–Kier alpha value is -3.04. The first-order chi connectivity index (χ1) is 18.3. The van der Waals surface area contributed by atoms with Gasteiger partial charge in [-0.3, -0.25) is 14.5 Å². The molecular formula is C28H29ClFN3O4S. The first kappa shape index (κ1) is 26.6. The van der Waals surface area contributed by atoms with Crippen molar-refractivity contribution < 1.29 is 23.8 Å². The summed E-state index contributed by atoms with van der Waals surface area (Å²) in [4.78, 5) is 35.9. The van der Waals surface area contributed by atoms with Crippen LogP contribution in [0.5, 0.6) is 5.88 Å². The highest BCUT2D eigenvalue weighted by atomic mass is 35.5. The minimum atomic E-state index is -1.00. The molecule has 38 heavy (non-hydrogen) atoms. The van der Waals surface area contributed by atoms with E-state index in [9.17, 15) is 14.7 Å². The van der Waals surface area contributed by atoms with Crippen LogP contribution in [0.15, 0.2) is 36.5 Å². The van der Waals surface area contributed by atoms with Crippen LogP contribution < -0.4 is 9.64 Å². The number of anilines is 1. The summed E-state index contributed by atoms with van der Waals surface area (Å²) in [6.07, 6.45) is 7.75. The lowest BCUT2D eigenvalue weighted by molar-refractivity contribution is -0.141. The van der Waals surface area contributed by atoms with Crippen molar-refractivity contribution in [3.63, 3.8) is 0 Å². The normalized spacial score (nSPS) is 16.4. The number of carboxylic acids is 1. The van der Waals surface area contributed by atoms with Crippen molar-refractivity contribution in [3.05, 3.63) is 46.7 Å². The molecule has 1 N–H and O–H groups in total. The number of carbonyl (C=O) groups is 2. The molecule has 7 nitrogen and oxygen atoms in total. The number of aliphatic carboxylic acids is 1. The number of hydrogen-bond donors (Lipinski definition) is 1. The van der Waals surface area contributed by atoms with Gasteiger partial charge in [-0.05, 0) is 48.9 Å². The van der Waals surface area contributed by atoms with Crippen LogP contribution in [0.2, 0.25) is 5.02 Å². The third kappa shape index (κ3) is 5.83. The van der Waals surface area contributed by atoms with Crippen molar-refractivity contribution in [2.75, 3.05) is 12.0 Å². The van der Waals surface area contributed by atoms with Crippen molar-refractivity contribution >= 4 is 39.9 Å². The molecule has 200 valence electrons. The Labute approximate surface area is 229 Å². The molecule has 5 rings (SSSR count). The van der Waals surface area contributed by atoms with Crippen molar-refractivity contribution in [2.24, 2.45) is 11.8 Å². The predicted octanol–water partition coefficient (Wildman–Crippen LogP) is 6.84. The SMILES string of the molecule is COc1ccc(-c2ccc(Cl)cc2-c2nc(N(C(=O)C(CC(=O)O)CC3CCCC3)C3CC3)sc2F)cn1. The van der Waals surface area contributed by atoms with E-state index < -0.39 is 17.0 Å². The lowest BCUT2D eigenvalue weighted by Gasteiger charge is -2.26. The molecule has 3 aromatic rings. The van der Waals surface area contributed by atoms with E-state index >= 15 is 4.39 Å². The number of halogens is 2. The Morgan fingerprint density at radius 3 is 2.58 bits per heavy atom. The van der Waals surface area contributed by atoms with Gasteiger partial charge in [0.15, 0.2) is 5.13 Å². The number of amides is 1. The van der Waals surface area contributed by atoms with Gasteiger partial charge in [-0.2, -0.15) is 4.39 Å². The topological polar surface area (TPSA) is 92.6 Å². The minimum Gasteiger partial charge on any atom is -0.481 e. The summed E-state index contributed by atoms with van der Waals surface area (Å²) >= 11 is 7.11. The Morgan fingerprint density at radius 2 is 1.95 bits per heavy atom. The maximum absolute atomic E-state index is 15.5. The molecule has 0 aliphatic heterocycles. The number of benzene rings is 1. The standard InChI is InChI=1S/C28H29ClFN3O4S/c1-37-23-11-6-17(15-31-23)21-10-7-19(29)14-22(21)25-26(30)38-28(32-25)33(20-8-9-20)27(36)18(13-24(34)35)12-16-4-2-3-5-16/h6-7,10-11,14-16,18,20H,2-5,8-9,12-13H2,1H3,(H,34,35). The molecule has 2 heterocycles. The number of carbonyl (C=O) groups excluding carboxylic acids is 1. The van der Waals surface area contributed by atoms with Crippen LogP contribution in [-0.4, -0.2) is 40.1 Å². The molecular weight excluding hydrogens is 529 g/mol. The van der Waals surface area contributed by atoms with E-state index in [1.54, 1.807) is 35.4 Å². The highest BCUT2D eigenvalue weighted by Gasteiger charge is 2.40. The summed E-state index contributed by atoms with van der Waals surface area (Å²) in [5.74, 6) is -1.12. The molecule has 1 aromatic carbocycles. The molecule has 2 aliphatic carbocycles. The molecule has 0 saturated heterocycles. The fraction of sp³-hybridized carbons (Fsp3) is 0.429. The van der Waals surface area contributed by atoms with Crippen molar-refractivity contribution in [1.29, 1.82) is 0 Å². The fourth-order valence-corrected chi connectivity index (χ4v) is 6.33. The Kier molecular flexibility index (Phi) is 7.95. The number of aromatic nitrogens is 2. The number of pyridine rings is 1. The molecule has 1 atom stereocenters. The number of methoxy groups -OCH3 is 1. The van der Waals surface area contributed by atoms with Gasteiger partial charge in [0.1, 0.15) is 5.69 Å². The van der Waals surface area contributed by atoms with Gasteiger partial charge in [-0.1, -0.05) is 54.7 Å². The molecule has 2 aromatic heterocycles. The van der Waals surface area contributed by atoms with Gasteiger partial charge >= 0.3 is 5.97 Å². The number of hydrogen-bond acceptors (Lipinski definition) is 6. The van der Waals surface area contributed by atoms with Crippen LogP contribution in [0.3, 0.4) is 0 Å². The summed E-state index contributed by atoms with van der Waals surface area (Å²) in [7, 11) is 1.53. The average Bonchev–Trinajstić information content (AvgIpc) is 3.45. The number of thiazole rings is 1. The zero-order valence-electron chi connectivity index (χ0n) is 21.0. The van der Waals surface area contributed by atoms with Crippen molar-refractivity contribution in [3.8, 4) is 28.3 Å². The largest absolute Gasteiger partial charge is 0.481 e. The van der Waals surface area contributed by atoms with Gasteiger partial charge in [0.05, 0.1) is 13.5 Å². The summed E-state index contributed by atoms with van der Waals surface area (Å²) in [6.45, 7) is 0. The van der Waals surface area contributed by atoms with Crippen molar-refractivity contribution in [1.82, 2.24) is 9.97 Å². The van der Waals surface area contributed by atoms with Gasteiger partial charge in [0, 0.05) is 40.4 Å². The highest BCUT2D eigenvalue weighted by molar-refractivity contribution is 7.14. The predicted molar refractivity (Wildman–Crippen MR) is 145 cm³/mol. The van der Waals surface area contributed by atoms with E-state index in [-0.39, 0.29) is 29.2 Å². The minimum absolute atomic E-state index is 0.0922. The van der Waals surface area contributed by atoms with Crippen LogP contribution in [0, 0.1) is 17.0 Å². The lowest BCUT2D eigenvalue weighted by atomic mass is 9.90. The molecule has 1 unspecified atom stereocenters. The second kappa shape index (κ2) is 11.4. The zero-order chi connectivity index (χ0) is 26.8. The van der Waals surface area contributed by atoms with Crippen molar-refractivity contribution in [2.45, 2.75) is 57.4 Å². The van der Waals surface area contributed by atoms with E-state index in [2.05, 4.69) is 9.97 Å². The van der Waals surface area contributed by atoms with Crippen LogP contribution in [0.1, 0.15) is 51.4 Å². The second-order valence-electron chi connectivity index (χ2n) is 10.0. The van der Waals surface area contributed by atoms with Gasteiger partial charge in [-0.15, -0.1) is 0 Å². The van der Waals surface area contributed by atoms with E-state index in [4.69, 9.17) is 16.3 Å². The molecule has 10 heteroatoms. The Morgan fingerprint density at radius 1 is 1.18 bits per heavy atom. The summed E-state index contributed by atoms with van der Waals surface area (Å²) in [6, 6.07) is 8.61. The molecule has 2 fully saturated rings. The molecule has 2 saturated carbocycles. The van der Waals surface area contributed by atoms with Gasteiger partial charge in [0.2, 0.25) is 16.9 Å². The number of rotatable bonds is 10. The first-order valence-electron chi connectivity index (χ1n) is 12.9. The summed E-state index contributed by atoms with van der Waals surface area (Å²) in [5, 5.41) is 9.68. The maximum atomic E-state index is 15.5. The average molecular weight is 558 g/mol. The number of nitrogens with zero attached hydrogens (tertiary/aromatic N) is 3. The maximum Gasteiger partial charge on any atom is 0.304 e. The van der Waals surface area contributed by atoms with E-state index in [0.717, 1.165) is 55.4 Å². The first-order valence-corrected chi connectivity index (χ1v) is 14.0. The van der Waals surface area contributed by atoms with E-state index in [0.29, 0.717) is 34.4 Å². The third-order valence-corrected chi connectivity index (χ3v) is 8.36. The third-order valence-electron chi connectivity index (χ3n) is 7.29. The van der Waals surface area contributed by atoms with Crippen LogP contribution in [-0.2, 0) is 9.59 Å². The van der Waals surface area contributed by atoms with Gasteiger partial charge in [0.25, 0.3) is 0 Å². The fourth-order valence-electron chi connectivity index (χ4n) is 5.28. The smallest absolute Gasteiger partial charge is 0.304 e. The monoisotopic (exact) mass is 557 g/mol. The molecule has 0 spiro atoms.